The Morgan fingerprint density at radius 2 is 1.06 bits per heavy atom. The summed E-state index contributed by atoms with van der Waals surface area (Å²) < 4.78 is 27.7. The Hall–Kier alpha value is -5.21. The maximum atomic E-state index is 12.9. The molecular formula is C42H44O8. The monoisotopic (exact) mass is 676 g/mol. The molecule has 1 aliphatic carbocycles. The van der Waals surface area contributed by atoms with Gasteiger partial charge in [-0.25, -0.2) is 4.79 Å². The Bertz CT molecular complexity index is 1690. The molecule has 4 aromatic carbocycles. The average Bonchev–Trinajstić information content (AvgIpc) is 3.16. The van der Waals surface area contributed by atoms with E-state index >= 15 is 0 Å². The number of carbonyl (C=O) groups excluding carboxylic acids is 3. The van der Waals surface area contributed by atoms with E-state index in [-0.39, 0.29) is 29.7 Å². The Morgan fingerprint density at radius 3 is 1.50 bits per heavy atom. The molecule has 0 atom stereocenters. The summed E-state index contributed by atoms with van der Waals surface area (Å²) in [5, 5.41) is 0. The van der Waals surface area contributed by atoms with Crippen LogP contribution < -0.4 is 14.2 Å². The Balaban J connectivity index is 1.04. The lowest BCUT2D eigenvalue weighted by Crippen LogP contribution is -2.30. The molecule has 0 radical (unpaired) electrons. The van der Waals surface area contributed by atoms with E-state index in [1.165, 1.54) is 0 Å². The second-order valence-corrected chi connectivity index (χ2v) is 12.2. The third-order valence-corrected chi connectivity index (χ3v) is 8.64. The van der Waals surface area contributed by atoms with Gasteiger partial charge in [-0.2, -0.15) is 0 Å². The van der Waals surface area contributed by atoms with Gasteiger partial charge in [0.25, 0.3) is 0 Å². The molecular weight excluding hydrogens is 632 g/mol. The first kappa shape index (κ1) is 36.1. The molecule has 0 heterocycles. The van der Waals surface area contributed by atoms with Crippen molar-refractivity contribution in [2.45, 2.75) is 45.4 Å². The van der Waals surface area contributed by atoms with Gasteiger partial charge in [-0.3, -0.25) is 9.59 Å². The van der Waals surface area contributed by atoms with Crippen LogP contribution in [0.5, 0.6) is 17.2 Å². The smallest absolute Gasteiger partial charge is 0.338 e. The van der Waals surface area contributed by atoms with E-state index in [9.17, 15) is 14.4 Å². The molecule has 0 aliphatic heterocycles. The van der Waals surface area contributed by atoms with Crippen LogP contribution in [-0.2, 0) is 19.1 Å². The van der Waals surface area contributed by atoms with Crippen LogP contribution in [0.15, 0.2) is 110 Å². The maximum absolute atomic E-state index is 12.9. The van der Waals surface area contributed by atoms with E-state index < -0.39 is 0 Å². The molecule has 1 saturated carbocycles. The second-order valence-electron chi connectivity index (χ2n) is 12.2. The van der Waals surface area contributed by atoms with Gasteiger partial charge in [0.2, 0.25) is 0 Å². The van der Waals surface area contributed by atoms with Crippen molar-refractivity contribution in [3.05, 3.63) is 115 Å². The summed E-state index contributed by atoms with van der Waals surface area (Å²) in [4.78, 5) is 38.0. The number of carbonyl (C=O) groups is 3. The minimum atomic E-state index is -0.323. The highest BCUT2D eigenvalue weighted by Gasteiger charge is 2.32. The number of rotatable bonds is 16. The topological polar surface area (TPSA) is 97.4 Å². The van der Waals surface area contributed by atoms with Crippen molar-refractivity contribution >= 4 is 17.9 Å². The highest BCUT2D eigenvalue weighted by molar-refractivity contribution is 5.90. The van der Waals surface area contributed by atoms with E-state index in [0.29, 0.717) is 69.2 Å². The quantitative estimate of drug-likeness (QED) is 0.0503. The summed E-state index contributed by atoms with van der Waals surface area (Å²) >= 11 is 0. The van der Waals surface area contributed by atoms with Gasteiger partial charge < -0.3 is 23.7 Å². The Labute approximate surface area is 294 Å². The highest BCUT2D eigenvalue weighted by atomic mass is 16.5. The van der Waals surface area contributed by atoms with Crippen LogP contribution >= 0.6 is 0 Å². The Kier molecular flexibility index (Phi) is 13.4. The van der Waals surface area contributed by atoms with Gasteiger partial charge in [-0.15, -0.1) is 6.58 Å². The fourth-order valence-electron chi connectivity index (χ4n) is 5.71. The largest absolute Gasteiger partial charge is 0.491 e. The van der Waals surface area contributed by atoms with Crippen LogP contribution in [0.25, 0.3) is 22.3 Å². The number of ether oxygens (including phenoxy) is 5. The van der Waals surface area contributed by atoms with Gasteiger partial charge in [0.15, 0.2) is 0 Å². The van der Waals surface area contributed by atoms with Gasteiger partial charge in [-0.1, -0.05) is 68.0 Å². The lowest BCUT2D eigenvalue weighted by molar-refractivity contribution is -0.145. The summed E-state index contributed by atoms with van der Waals surface area (Å²) in [6, 6.07) is 29.8. The number of unbranched alkanes of at least 4 members (excludes halogenated alkanes) is 1. The summed E-state index contributed by atoms with van der Waals surface area (Å²) in [5.74, 6) is 0.293. The SMILES string of the molecule is C=CCOCCOc1ccc(-c2ccc(OC(=O)C3CCC(C(=O)Oc4ccc(-c5ccc(C(=O)OCCCC)cc5)cc4)CC3)cc2)cc1. The van der Waals surface area contributed by atoms with E-state index in [1.807, 2.05) is 67.6 Å². The van der Waals surface area contributed by atoms with Crippen LogP contribution in [0.4, 0.5) is 0 Å². The summed E-state index contributed by atoms with van der Waals surface area (Å²) in [6.45, 7) is 7.55. The summed E-state index contributed by atoms with van der Waals surface area (Å²) in [7, 11) is 0. The molecule has 8 nitrogen and oxygen atoms in total. The van der Waals surface area contributed by atoms with Crippen LogP contribution in [-0.4, -0.2) is 44.3 Å². The van der Waals surface area contributed by atoms with E-state index in [2.05, 4.69) is 6.58 Å². The fourth-order valence-corrected chi connectivity index (χ4v) is 5.71. The summed E-state index contributed by atoms with van der Waals surface area (Å²) in [5.41, 5.74) is 4.40. The Morgan fingerprint density at radius 1 is 0.620 bits per heavy atom. The van der Waals surface area contributed by atoms with Crippen molar-refractivity contribution < 1.29 is 38.1 Å². The van der Waals surface area contributed by atoms with Gasteiger partial charge in [0.1, 0.15) is 23.9 Å². The lowest BCUT2D eigenvalue weighted by Gasteiger charge is -2.25. The predicted molar refractivity (Wildman–Crippen MR) is 192 cm³/mol. The van der Waals surface area contributed by atoms with Crippen molar-refractivity contribution in [3.8, 4) is 39.5 Å². The van der Waals surface area contributed by atoms with Gasteiger partial charge in [-0.05, 0) is 103 Å². The normalized spacial score (nSPS) is 15.5. The number of hydrogen-bond donors (Lipinski definition) is 0. The number of benzene rings is 4. The maximum Gasteiger partial charge on any atom is 0.338 e. The second kappa shape index (κ2) is 18.5. The van der Waals surface area contributed by atoms with Crippen molar-refractivity contribution in [1.82, 2.24) is 0 Å². The molecule has 5 rings (SSSR count). The molecule has 0 aromatic heterocycles. The molecule has 1 aliphatic rings. The van der Waals surface area contributed by atoms with E-state index in [1.54, 1.807) is 42.5 Å². The van der Waals surface area contributed by atoms with Gasteiger partial charge >= 0.3 is 17.9 Å². The third kappa shape index (κ3) is 10.4. The van der Waals surface area contributed by atoms with Crippen molar-refractivity contribution in [1.29, 1.82) is 0 Å². The van der Waals surface area contributed by atoms with Gasteiger partial charge in [0.05, 0.1) is 37.2 Å². The van der Waals surface area contributed by atoms with Crippen LogP contribution in [0.2, 0.25) is 0 Å². The minimum Gasteiger partial charge on any atom is -0.491 e. The molecule has 50 heavy (non-hydrogen) atoms. The first-order valence-corrected chi connectivity index (χ1v) is 17.3. The fraction of sp³-hybridized carbons (Fsp3) is 0.310. The molecule has 0 bridgehead atoms. The molecule has 1 fully saturated rings. The van der Waals surface area contributed by atoms with Crippen molar-refractivity contribution in [3.63, 3.8) is 0 Å². The molecule has 0 unspecified atom stereocenters. The molecule has 0 N–H and O–H groups in total. The van der Waals surface area contributed by atoms with E-state index in [4.69, 9.17) is 23.7 Å². The zero-order valence-electron chi connectivity index (χ0n) is 28.5. The number of esters is 3. The predicted octanol–water partition coefficient (Wildman–Crippen LogP) is 8.88. The average molecular weight is 677 g/mol. The third-order valence-electron chi connectivity index (χ3n) is 8.64. The molecule has 260 valence electrons. The minimum absolute atomic E-state index is 0.266. The van der Waals surface area contributed by atoms with Crippen LogP contribution in [0.1, 0.15) is 55.8 Å². The molecule has 0 saturated heterocycles. The van der Waals surface area contributed by atoms with Crippen molar-refractivity contribution in [2.75, 3.05) is 26.4 Å². The molecule has 4 aromatic rings. The highest BCUT2D eigenvalue weighted by Crippen LogP contribution is 2.32. The first-order valence-electron chi connectivity index (χ1n) is 17.3. The standard InChI is InChI=1S/C42H44O8/c1-3-5-27-48-40(43)34-8-6-30(7-9-34)32-16-22-38(23-17-32)49-41(44)35-10-12-36(13-11-35)42(45)50-39-24-18-33(19-25-39)31-14-20-37(21-15-31)47-29-28-46-26-4-2/h4,6-9,14-25,35-36H,2-3,5,10-13,26-29H2,1H3. The zero-order chi connectivity index (χ0) is 35.1. The summed E-state index contributed by atoms with van der Waals surface area (Å²) in [6.07, 6.45) is 5.76. The van der Waals surface area contributed by atoms with Crippen LogP contribution in [0, 0.1) is 11.8 Å². The van der Waals surface area contributed by atoms with Gasteiger partial charge in [0, 0.05) is 0 Å². The lowest BCUT2D eigenvalue weighted by atomic mass is 9.82. The van der Waals surface area contributed by atoms with Crippen molar-refractivity contribution in [2.24, 2.45) is 11.8 Å². The van der Waals surface area contributed by atoms with Crippen LogP contribution in [0.3, 0.4) is 0 Å². The molecule has 0 spiro atoms. The molecule has 8 heteroatoms. The first-order chi connectivity index (χ1) is 24.4. The molecule has 0 amide bonds. The zero-order valence-corrected chi connectivity index (χ0v) is 28.5. The number of hydrogen-bond acceptors (Lipinski definition) is 8. The van der Waals surface area contributed by atoms with E-state index in [0.717, 1.165) is 40.8 Å².